The Morgan fingerprint density at radius 3 is 2.49 bits per heavy atom. The molecule has 2 aliphatic heterocycles. The van der Waals surface area contributed by atoms with E-state index in [0.29, 0.717) is 12.6 Å². The number of nitrogens with one attached hydrogen (secondary N) is 1. The summed E-state index contributed by atoms with van der Waals surface area (Å²) >= 11 is 12.1. The maximum absolute atomic E-state index is 11.0. The minimum Gasteiger partial charge on any atom is -0.352 e. The molecule has 3 nitrogen and oxygen atoms in total. The van der Waals surface area contributed by atoms with Crippen LogP contribution in [0.25, 0.3) is 0 Å². The number of halogens is 2. The summed E-state index contributed by atoms with van der Waals surface area (Å²) < 4.78 is 11.0. The maximum atomic E-state index is 11.0. The van der Waals surface area contributed by atoms with Crippen molar-refractivity contribution in [1.82, 2.24) is 10.1 Å². The first-order chi connectivity index (χ1) is 21.6. The number of hydrogen-bond donors (Lipinski definition) is 1. The minimum absolute atomic E-state index is 0.319. The summed E-state index contributed by atoms with van der Waals surface area (Å²) in [5, 5.41) is 8.10. The number of nitrogens with zero attached hydrogens (tertiary/aromatic N) is 2. The number of aryl methyl sites for hydroxylation is 1. The van der Waals surface area contributed by atoms with E-state index < -0.39 is 6.17 Å². The fourth-order valence-corrected chi connectivity index (χ4v) is 5.14. The van der Waals surface area contributed by atoms with Gasteiger partial charge in [0, 0.05) is 45.6 Å². The SMILES string of the molecule is C=C(S/C=C\C)C1=NCC(C(/C=C\C)=C/CC)=C2CC(N[B]/C(C)=C/C=C\C=S)CN12.CC.CC(C)F.Cc1cccc(Cl)c1. The monoisotopic (exact) mass is 668 g/mol. The number of allylic oxidation sites excluding steroid dienone is 8. The van der Waals surface area contributed by atoms with Gasteiger partial charge in [0.1, 0.15) is 5.84 Å². The molecule has 1 aromatic rings. The van der Waals surface area contributed by atoms with Crippen LogP contribution >= 0.6 is 35.6 Å². The van der Waals surface area contributed by atoms with Gasteiger partial charge in [-0.25, -0.2) is 4.39 Å². The van der Waals surface area contributed by atoms with Crippen LogP contribution in [0.2, 0.25) is 5.02 Å². The summed E-state index contributed by atoms with van der Waals surface area (Å²) in [6, 6.07) is 8.08. The molecular weight excluding hydrogens is 616 g/mol. The Hall–Kier alpha value is -2.45. The van der Waals surface area contributed by atoms with Crippen LogP contribution in [0.15, 0.2) is 111 Å². The molecule has 8 heteroatoms. The number of hydrogen-bond acceptors (Lipinski definition) is 5. The van der Waals surface area contributed by atoms with Gasteiger partial charge in [0.05, 0.1) is 12.7 Å². The predicted octanol–water partition coefficient (Wildman–Crippen LogP) is 11.1. The van der Waals surface area contributed by atoms with E-state index in [4.69, 9.17) is 28.8 Å². The van der Waals surface area contributed by atoms with Gasteiger partial charge in [0.15, 0.2) is 0 Å². The number of thiocarbonyl (C=S) groups is 1. The molecule has 0 aliphatic carbocycles. The Labute approximate surface area is 289 Å². The van der Waals surface area contributed by atoms with E-state index >= 15 is 0 Å². The Morgan fingerprint density at radius 2 is 1.96 bits per heavy atom. The lowest BCUT2D eigenvalue weighted by atomic mass is 9.82. The normalized spacial score (nSPS) is 16.5. The second-order valence-corrected chi connectivity index (χ2v) is 11.9. The lowest BCUT2D eigenvalue weighted by molar-refractivity contribution is 0.391. The first-order valence-corrected chi connectivity index (χ1v) is 17.4. The van der Waals surface area contributed by atoms with Crippen LogP contribution in [0, 0.1) is 6.92 Å². The highest BCUT2D eigenvalue weighted by Crippen LogP contribution is 2.35. The Morgan fingerprint density at radius 1 is 1.27 bits per heavy atom. The number of amidine groups is 1. The molecule has 0 amide bonds. The predicted molar refractivity (Wildman–Crippen MR) is 208 cm³/mol. The van der Waals surface area contributed by atoms with Crippen LogP contribution in [-0.2, 0) is 0 Å². The van der Waals surface area contributed by atoms with E-state index in [1.165, 1.54) is 36.3 Å². The Balaban J connectivity index is 0.00000114. The van der Waals surface area contributed by atoms with Crippen molar-refractivity contribution in [3.8, 4) is 0 Å². The average Bonchev–Trinajstić information content (AvgIpc) is 3.44. The van der Waals surface area contributed by atoms with Crippen molar-refractivity contribution in [3.63, 3.8) is 0 Å². The molecule has 1 saturated heterocycles. The number of aliphatic imine (C=N–C) groups is 1. The van der Waals surface area contributed by atoms with Gasteiger partial charge in [-0.1, -0.05) is 130 Å². The smallest absolute Gasteiger partial charge is 0.240 e. The molecule has 2 aliphatic rings. The standard InChI is InChI=1S/C25H33BN3S2.C7H7Cl.C3H7F.C2H6/c1-6-11-21(12-7-2)23-17-27-25(20(5)31-15-8-3)29-18-22(16-24(23)29)28-26-19(4)13-9-10-14-30;1-6-3-2-4-7(8)5-6;1-3(2)4;1-2/h6,8-15,22,28H,5,7,16-18H2,1-4H3;2-5H,1H3;3H,1-2H3;1-2H3/b10-9-,11-6-,15-8-,19-13+,21-12+;;;. The maximum Gasteiger partial charge on any atom is 0.240 e. The van der Waals surface area contributed by atoms with E-state index in [9.17, 15) is 4.39 Å². The van der Waals surface area contributed by atoms with E-state index in [1.807, 2.05) is 70.2 Å². The van der Waals surface area contributed by atoms with Crippen molar-refractivity contribution in [3.05, 3.63) is 117 Å². The van der Waals surface area contributed by atoms with Crippen LogP contribution in [0.3, 0.4) is 0 Å². The Kier molecular flexibility index (Phi) is 24.3. The van der Waals surface area contributed by atoms with Gasteiger partial charge in [-0.15, -0.1) is 0 Å². The van der Waals surface area contributed by atoms with Crippen molar-refractivity contribution in [2.24, 2.45) is 4.99 Å². The number of fused-ring (bicyclic) bond motifs is 1. The lowest BCUT2D eigenvalue weighted by Crippen LogP contribution is -2.38. The van der Waals surface area contributed by atoms with Crippen LogP contribution < -0.4 is 5.23 Å². The summed E-state index contributed by atoms with van der Waals surface area (Å²) in [6.45, 7) is 23.2. The summed E-state index contributed by atoms with van der Waals surface area (Å²) in [6.07, 6.45) is 15.8. The first kappa shape index (κ1) is 42.6. The highest BCUT2D eigenvalue weighted by Gasteiger charge is 2.35. The molecule has 0 aromatic heterocycles. The number of alkyl halides is 1. The molecule has 1 unspecified atom stereocenters. The van der Waals surface area contributed by atoms with Crippen LogP contribution in [-0.4, -0.2) is 48.8 Å². The molecule has 1 atom stereocenters. The second-order valence-electron chi connectivity index (χ2n) is 10.2. The van der Waals surface area contributed by atoms with Gasteiger partial charge in [-0.2, -0.15) is 0 Å². The van der Waals surface area contributed by atoms with Crippen molar-refractivity contribution in [1.29, 1.82) is 0 Å². The van der Waals surface area contributed by atoms with Gasteiger partial charge >= 0.3 is 0 Å². The van der Waals surface area contributed by atoms with Crippen molar-refractivity contribution >= 4 is 54.2 Å². The third-order valence-electron chi connectivity index (χ3n) is 5.95. The molecule has 0 bridgehead atoms. The van der Waals surface area contributed by atoms with E-state index in [1.54, 1.807) is 17.1 Å². The summed E-state index contributed by atoms with van der Waals surface area (Å²) in [5.74, 6) is 0.999. The molecule has 1 aromatic carbocycles. The molecular formula is C37H53BClFN3S2. The van der Waals surface area contributed by atoms with Gasteiger partial charge in [-0.05, 0) is 69.7 Å². The second kappa shape index (κ2) is 25.7. The van der Waals surface area contributed by atoms with Crippen molar-refractivity contribution in [2.75, 3.05) is 13.1 Å². The molecule has 245 valence electrons. The van der Waals surface area contributed by atoms with E-state index in [-0.39, 0.29) is 0 Å². The van der Waals surface area contributed by atoms with E-state index in [2.05, 4.69) is 74.6 Å². The number of benzene rings is 1. The van der Waals surface area contributed by atoms with Crippen LogP contribution in [0.1, 0.15) is 73.8 Å². The molecule has 1 radical (unpaired) electrons. The molecule has 1 N–H and O–H groups in total. The van der Waals surface area contributed by atoms with Gasteiger partial charge in [0.25, 0.3) is 0 Å². The largest absolute Gasteiger partial charge is 0.352 e. The van der Waals surface area contributed by atoms with E-state index in [0.717, 1.165) is 40.6 Å². The Bertz CT molecular complexity index is 1240. The molecule has 3 rings (SSSR count). The lowest BCUT2D eigenvalue weighted by Gasteiger charge is -2.29. The fourth-order valence-electron chi connectivity index (χ4n) is 4.23. The summed E-state index contributed by atoms with van der Waals surface area (Å²) in [5.41, 5.74) is 6.34. The topological polar surface area (TPSA) is 27.6 Å². The van der Waals surface area contributed by atoms with Gasteiger partial charge in [0.2, 0.25) is 7.41 Å². The summed E-state index contributed by atoms with van der Waals surface area (Å²) in [7, 11) is 2.09. The van der Waals surface area contributed by atoms with Crippen LogP contribution in [0.4, 0.5) is 4.39 Å². The quantitative estimate of drug-likeness (QED) is 0.110. The zero-order chi connectivity index (χ0) is 34.2. The van der Waals surface area contributed by atoms with Gasteiger partial charge in [-0.3, -0.25) is 4.99 Å². The molecule has 2 heterocycles. The first-order valence-electron chi connectivity index (χ1n) is 15.7. The molecule has 1 fully saturated rings. The van der Waals surface area contributed by atoms with Crippen LogP contribution in [0.5, 0.6) is 0 Å². The highest BCUT2D eigenvalue weighted by molar-refractivity contribution is 8.06. The average molecular weight is 669 g/mol. The fraction of sp³-hybridized carbons (Fsp3) is 0.405. The minimum atomic E-state index is -0.667. The molecule has 45 heavy (non-hydrogen) atoms. The molecule has 0 spiro atoms. The van der Waals surface area contributed by atoms with Crippen molar-refractivity contribution in [2.45, 2.75) is 87.4 Å². The number of rotatable bonds is 11. The van der Waals surface area contributed by atoms with Crippen molar-refractivity contribution < 1.29 is 4.39 Å². The third kappa shape index (κ3) is 17.7. The summed E-state index contributed by atoms with van der Waals surface area (Å²) in [4.78, 5) is 8.31. The zero-order valence-corrected chi connectivity index (χ0v) is 31.1. The highest BCUT2D eigenvalue weighted by atomic mass is 35.5. The number of thioether (sulfide) groups is 1. The zero-order valence-electron chi connectivity index (χ0n) is 28.7. The van der Waals surface area contributed by atoms with Gasteiger partial charge < -0.3 is 10.1 Å². The molecule has 0 saturated carbocycles. The third-order valence-corrected chi connectivity index (χ3v) is 7.22.